The molecule has 1 unspecified atom stereocenters. The molecule has 1 aromatic heterocycles. The van der Waals surface area contributed by atoms with Gasteiger partial charge in [-0.25, -0.2) is 0 Å². The largest absolute Gasteiger partial charge is 0.331 e. The van der Waals surface area contributed by atoms with Gasteiger partial charge in [0.25, 0.3) is 5.91 Å². The Morgan fingerprint density at radius 3 is 3.10 bits per heavy atom. The first-order valence-electron chi connectivity index (χ1n) is 7.08. The Kier molecular flexibility index (Phi) is 2.43. The number of benzene rings is 1. The van der Waals surface area contributed by atoms with Gasteiger partial charge in [-0.2, -0.15) is 0 Å². The summed E-state index contributed by atoms with van der Waals surface area (Å²) in [6.45, 7) is 2.93. The highest BCUT2D eigenvalue weighted by Gasteiger charge is 2.37. The van der Waals surface area contributed by atoms with E-state index in [1.807, 2.05) is 17.0 Å². The highest BCUT2D eigenvalue weighted by Crippen LogP contribution is 2.37. The zero-order valence-corrected chi connectivity index (χ0v) is 11.5. The van der Waals surface area contributed by atoms with E-state index < -0.39 is 0 Å². The Morgan fingerprint density at radius 2 is 2.20 bits per heavy atom. The molecule has 2 aromatic rings. The van der Waals surface area contributed by atoms with E-state index in [-0.39, 0.29) is 11.9 Å². The number of hydrogen-bond acceptors (Lipinski definition) is 2. The molecule has 0 saturated carbocycles. The summed E-state index contributed by atoms with van der Waals surface area (Å²) in [5.41, 5.74) is 5.69. The Labute approximate surface area is 118 Å². The maximum absolute atomic E-state index is 12.6. The van der Waals surface area contributed by atoms with Crippen molar-refractivity contribution in [1.29, 1.82) is 0 Å². The fourth-order valence-corrected chi connectivity index (χ4v) is 3.44. The van der Waals surface area contributed by atoms with E-state index in [1.54, 1.807) is 6.20 Å². The molecule has 2 aliphatic rings. The van der Waals surface area contributed by atoms with Gasteiger partial charge in [0.1, 0.15) is 0 Å². The summed E-state index contributed by atoms with van der Waals surface area (Å²) in [6, 6.07) is 10.5. The van der Waals surface area contributed by atoms with Crippen molar-refractivity contribution in [3.05, 3.63) is 64.5 Å². The molecular weight excluding hydrogens is 248 g/mol. The molecule has 0 saturated heterocycles. The molecule has 3 heteroatoms. The van der Waals surface area contributed by atoms with Gasteiger partial charge in [0, 0.05) is 19.2 Å². The van der Waals surface area contributed by atoms with Crippen LogP contribution in [0.5, 0.6) is 0 Å². The number of rotatable bonds is 0. The number of fused-ring (bicyclic) bond motifs is 4. The van der Waals surface area contributed by atoms with E-state index in [1.165, 1.54) is 16.7 Å². The molecule has 20 heavy (non-hydrogen) atoms. The number of hydrogen-bond donors (Lipinski definition) is 0. The van der Waals surface area contributed by atoms with Crippen LogP contribution < -0.4 is 0 Å². The van der Waals surface area contributed by atoms with Gasteiger partial charge in [-0.05, 0) is 36.6 Å². The minimum atomic E-state index is 0.135. The molecule has 0 spiro atoms. The molecule has 1 amide bonds. The molecular formula is C17H16N2O. The van der Waals surface area contributed by atoms with Crippen LogP contribution in [0.1, 0.15) is 38.8 Å². The van der Waals surface area contributed by atoms with Crippen molar-refractivity contribution in [3.63, 3.8) is 0 Å². The predicted molar refractivity (Wildman–Crippen MR) is 76.6 cm³/mol. The summed E-state index contributed by atoms with van der Waals surface area (Å²) in [5.74, 6) is 0.135. The number of nitrogens with zero attached hydrogens (tertiary/aromatic N) is 2. The molecule has 100 valence electrons. The molecule has 3 nitrogen and oxygen atoms in total. The first-order chi connectivity index (χ1) is 9.74. The predicted octanol–water partition coefficient (Wildman–Crippen LogP) is 2.69. The van der Waals surface area contributed by atoms with Gasteiger partial charge in [0.2, 0.25) is 0 Å². The summed E-state index contributed by atoms with van der Waals surface area (Å²) < 4.78 is 0. The van der Waals surface area contributed by atoms with Crippen molar-refractivity contribution in [2.24, 2.45) is 0 Å². The number of carbonyl (C=O) groups excluding carboxylic acids is 1. The highest BCUT2D eigenvalue weighted by atomic mass is 16.2. The van der Waals surface area contributed by atoms with Crippen LogP contribution in [0.3, 0.4) is 0 Å². The molecule has 1 aromatic carbocycles. The van der Waals surface area contributed by atoms with Crippen LogP contribution in [-0.4, -0.2) is 22.3 Å². The molecule has 0 radical (unpaired) electrons. The van der Waals surface area contributed by atoms with Crippen LogP contribution in [0.4, 0.5) is 0 Å². The van der Waals surface area contributed by atoms with E-state index in [4.69, 9.17) is 0 Å². The Bertz CT molecular complexity index is 708. The van der Waals surface area contributed by atoms with E-state index in [0.717, 1.165) is 30.6 Å². The highest BCUT2D eigenvalue weighted by molar-refractivity contribution is 5.96. The van der Waals surface area contributed by atoms with Gasteiger partial charge in [-0.1, -0.05) is 23.8 Å². The standard InChI is InChI=1S/C17H16N2O/c1-11-4-5-13-12(9-11)6-8-19-16(13)10-15-14(17(19)20)3-2-7-18-15/h2-5,7,9,16H,6,8,10H2,1H3. The van der Waals surface area contributed by atoms with Gasteiger partial charge in [0.05, 0.1) is 17.3 Å². The van der Waals surface area contributed by atoms with Crippen molar-refractivity contribution in [2.75, 3.05) is 6.54 Å². The van der Waals surface area contributed by atoms with Gasteiger partial charge in [-0.3, -0.25) is 9.78 Å². The molecule has 2 aliphatic heterocycles. The average Bonchev–Trinajstić information content (AvgIpc) is 2.47. The van der Waals surface area contributed by atoms with Crippen molar-refractivity contribution in [3.8, 4) is 0 Å². The van der Waals surface area contributed by atoms with Gasteiger partial charge >= 0.3 is 0 Å². The number of aromatic nitrogens is 1. The first kappa shape index (κ1) is 11.6. The van der Waals surface area contributed by atoms with E-state index in [2.05, 4.69) is 30.1 Å². The van der Waals surface area contributed by atoms with Crippen LogP contribution in [-0.2, 0) is 12.8 Å². The minimum Gasteiger partial charge on any atom is -0.331 e. The lowest BCUT2D eigenvalue weighted by atomic mass is 9.85. The van der Waals surface area contributed by atoms with Crippen LogP contribution in [0.15, 0.2) is 36.5 Å². The zero-order valence-electron chi connectivity index (χ0n) is 11.5. The minimum absolute atomic E-state index is 0.135. The summed E-state index contributed by atoms with van der Waals surface area (Å²) in [4.78, 5) is 19.0. The van der Waals surface area contributed by atoms with Crippen molar-refractivity contribution < 1.29 is 4.79 Å². The SMILES string of the molecule is Cc1ccc2c(c1)CCN1C(=O)c3cccnc3CC21. The maximum Gasteiger partial charge on any atom is 0.256 e. The summed E-state index contributed by atoms with van der Waals surface area (Å²) in [7, 11) is 0. The topological polar surface area (TPSA) is 33.2 Å². The molecule has 0 N–H and O–H groups in total. The first-order valence-corrected chi connectivity index (χ1v) is 7.08. The van der Waals surface area contributed by atoms with Crippen LogP contribution in [0, 0.1) is 6.92 Å². The number of carbonyl (C=O) groups is 1. The maximum atomic E-state index is 12.6. The third-order valence-electron chi connectivity index (χ3n) is 4.42. The third kappa shape index (κ3) is 1.59. The van der Waals surface area contributed by atoms with E-state index >= 15 is 0 Å². The lowest BCUT2D eigenvalue weighted by Crippen LogP contribution is -2.44. The monoisotopic (exact) mass is 264 g/mol. The van der Waals surface area contributed by atoms with Gasteiger partial charge in [0.15, 0.2) is 0 Å². The fourth-order valence-electron chi connectivity index (χ4n) is 3.44. The summed E-state index contributed by atoms with van der Waals surface area (Å²) in [5, 5.41) is 0. The smallest absolute Gasteiger partial charge is 0.256 e. The van der Waals surface area contributed by atoms with Gasteiger partial charge in [-0.15, -0.1) is 0 Å². The average molecular weight is 264 g/mol. The lowest BCUT2D eigenvalue weighted by molar-refractivity contribution is 0.0629. The number of pyridine rings is 1. The van der Waals surface area contributed by atoms with Crippen LogP contribution >= 0.6 is 0 Å². The normalized spacial score (nSPS) is 20.1. The van der Waals surface area contributed by atoms with Crippen molar-refractivity contribution in [2.45, 2.75) is 25.8 Å². The quantitative estimate of drug-likeness (QED) is 0.733. The molecule has 4 rings (SSSR count). The summed E-state index contributed by atoms with van der Waals surface area (Å²) in [6.07, 6.45) is 3.56. The van der Waals surface area contributed by atoms with E-state index in [9.17, 15) is 4.79 Å². The molecule has 1 atom stereocenters. The molecule has 0 aliphatic carbocycles. The third-order valence-corrected chi connectivity index (χ3v) is 4.42. The van der Waals surface area contributed by atoms with Crippen molar-refractivity contribution in [1.82, 2.24) is 9.88 Å². The lowest BCUT2D eigenvalue weighted by Gasteiger charge is -2.40. The van der Waals surface area contributed by atoms with E-state index in [0.29, 0.717) is 0 Å². The Morgan fingerprint density at radius 1 is 1.30 bits per heavy atom. The second-order valence-corrected chi connectivity index (χ2v) is 5.67. The van der Waals surface area contributed by atoms with Gasteiger partial charge < -0.3 is 4.90 Å². The Hall–Kier alpha value is -2.16. The molecule has 3 heterocycles. The molecule has 0 bridgehead atoms. The number of aryl methyl sites for hydroxylation is 1. The Balaban J connectivity index is 1.84. The number of amides is 1. The second-order valence-electron chi connectivity index (χ2n) is 5.67. The van der Waals surface area contributed by atoms with Crippen LogP contribution in [0.2, 0.25) is 0 Å². The zero-order chi connectivity index (χ0) is 13.7. The van der Waals surface area contributed by atoms with Crippen LogP contribution in [0.25, 0.3) is 0 Å². The molecule has 0 fully saturated rings. The second kappa shape index (κ2) is 4.17. The fraction of sp³-hybridized carbons (Fsp3) is 0.294. The van der Waals surface area contributed by atoms with Crippen molar-refractivity contribution >= 4 is 5.91 Å². The summed E-state index contributed by atoms with van der Waals surface area (Å²) >= 11 is 0.